The Bertz CT molecular complexity index is 989. The highest BCUT2D eigenvalue weighted by molar-refractivity contribution is 5.95. The molecule has 4 rings (SSSR count). The Balaban J connectivity index is 1.38. The molecule has 1 saturated heterocycles. The van der Waals surface area contributed by atoms with Crippen molar-refractivity contribution in [2.75, 3.05) is 13.1 Å². The fraction of sp³-hybridized carbons (Fsp3) is 0.318. The molecule has 1 fully saturated rings. The molecular formula is C22H22N4O. The van der Waals surface area contributed by atoms with Crippen LogP contribution in [-0.4, -0.2) is 33.9 Å². The number of aromatic nitrogens is 2. The predicted octanol–water partition coefficient (Wildman–Crippen LogP) is 3.84. The summed E-state index contributed by atoms with van der Waals surface area (Å²) in [7, 11) is 0. The van der Waals surface area contributed by atoms with Gasteiger partial charge in [0, 0.05) is 25.1 Å². The Labute approximate surface area is 158 Å². The van der Waals surface area contributed by atoms with E-state index in [1.807, 2.05) is 36.1 Å². The molecule has 0 radical (unpaired) electrons. The lowest BCUT2D eigenvalue weighted by Crippen LogP contribution is -2.39. The molecule has 5 nitrogen and oxygen atoms in total. The first-order valence-electron chi connectivity index (χ1n) is 9.37. The highest BCUT2D eigenvalue weighted by atomic mass is 16.2. The molecule has 1 N–H and O–H groups in total. The third-order valence-corrected chi connectivity index (χ3v) is 5.41. The van der Waals surface area contributed by atoms with Gasteiger partial charge in [-0.25, -0.2) is 4.98 Å². The maximum atomic E-state index is 12.8. The van der Waals surface area contributed by atoms with Crippen LogP contribution in [0.3, 0.4) is 0 Å². The summed E-state index contributed by atoms with van der Waals surface area (Å²) in [5.41, 5.74) is 4.24. The van der Waals surface area contributed by atoms with Gasteiger partial charge in [-0.05, 0) is 61.6 Å². The van der Waals surface area contributed by atoms with Crippen LogP contribution in [-0.2, 0) is 6.42 Å². The van der Waals surface area contributed by atoms with Gasteiger partial charge in [0.15, 0.2) is 0 Å². The van der Waals surface area contributed by atoms with Crippen LogP contribution in [0, 0.1) is 24.2 Å². The Kier molecular flexibility index (Phi) is 4.64. The zero-order chi connectivity index (χ0) is 18.8. The molecule has 1 aromatic heterocycles. The number of para-hydroxylation sites is 2. The number of benzene rings is 2. The Morgan fingerprint density at radius 2 is 2.04 bits per heavy atom. The van der Waals surface area contributed by atoms with Crippen LogP contribution in [0.4, 0.5) is 0 Å². The van der Waals surface area contributed by atoms with Crippen LogP contribution in [0.15, 0.2) is 42.5 Å². The molecular weight excluding hydrogens is 336 g/mol. The first-order chi connectivity index (χ1) is 13.1. The number of likely N-dealkylation sites (tertiary alicyclic amines) is 1. The highest BCUT2D eigenvalue weighted by Crippen LogP contribution is 2.24. The van der Waals surface area contributed by atoms with Crippen molar-refractivity contribution in [1.82, 2.24) is 14.9 Å². The van der Waals surface area contributed by atoms with E-state index in [1.165, 1.54) is 0 Å². The van der Waals surface area contributed by atoms with Gasteiger partial charge in [0.2, 0.25) is 0 Å². The zero-order valence-electron chi connectivity index (χ0n) is 15.4. The molecule has 0 saturated carbocycles. The first kappa shape index (κ1) is 17.3. The number of imidazole rings is 1. The number of nitrogens with zero attached hydrogens (tertiary/aromatic N) is 3. The van der Waals surface area contributed by atoms with E-state index in [9.17, 15) is 4.79 Å². The van der Waals surface area contributed by atoms with Gasteiger partial charge < -0.3 is 9.88 Å². The Hall–Kier alpha value is -3.13. The van der Waals surface area contributed by atoms with Crippen molar-refractivity contribution in [3.05, 3.63) is 65.0 Å². The molecule has 136 valence electrons. The molecule has 3 aromatic rings. The van der Waals surface area contributed by atoms with Gasteiger partial charge in [0.1, 0.15) is 5.82 Å². The molecule has 0 atom stereocenters. The largest absolute Gasteiger partial charge is 0.342 e. The number of hydrogen-bond donors (Lipinski definition) is 1. The van der Waals surface area contributed by atoms with Crippen LogP contribution in [0.25, 0.3) is 11.0 Å². The number of nitriles is 1. The van der Waals surface area contributed by atoms with E-state index in [1.54, 1.807) is 18.2 Å². The number of rotatable bonds is 3. The van der Waals surface area contributed by atoms with Gasteiger partial charge in [-0.2, -0.15) is 5.26 Å². The summed E-state index contributed by atoms with van der Waals surface area (Å²) in [5, 5.41) is 8.98. The van der Waals surface area contributed by atoms with Crippen LogP contribution in [0.5, 0.6) is 0 Å². The normalized spacial score (nSPS) is 15.0. The summed E-state index contributed by atoms with van der Waals surface area (Å²) in [5.74, 6) is 1.64. The number of piperidine rings is 1. The monoisotopic (exact) mass is 358 g/mol. The smallest absolute Gasteiger partial charge is 0.254 e. The number of amides is 1. The minimum atomic E-state index is 0.0687. The summed E-state index contributed by atoms with van der Waals surface area (Å²) < 4.78 is 0. The van der Waals surface area contributed by atoms with Crippen LogP contribution in [0.1, 0.15) is 40.2 Å². The van der Waals surface area contributed by atoms with Crippen molar-refractivity contribution in [2.45, 2.75) is 26.2 Å². The Morgan fingerprint density at radius 1 is 1.26 bits per heavy atom. The van der Waals surface area contributed by atoms with Crippen molar-refractivity contribution >= 4 is 16.9 Å². The minimum absolute atomic E-state index is 0.0687. The average molecular weight is 358 g/mol. The van der Waals surface area contributed by atoms with Crippen LogP contribution >= 0.6 is 0 Å². The van der Waals surface area contributed by atoms with E-state index in [0.29, 0.717) is 17.0 Å². The van der Waals surface area contributed by atoms with E-state index in [-0.39, 0.29) is 5.91 Å². The maximum absolute atomic E-state index is 12.8. The molecule has 1 aliphatic heterocycles. The van der Waals surface area contributed by atoms with E-state index >= 15 is 0 Å². The van der Waals surface area contributed by atoms with Gasteiger partial charge in [-0.3, -0.25) is 4.79 Å². The lowest BCUT2D eigenvalue weighted by Gasteiger charge is -2.32. The minimum Gasteiger partial charge on any atom is -0.342 e. The van der Waals surface area contributed by atoms with Gasteiger partial charge >= 0.3 is 0 Å². The fourth-order valence-electron chi connectivity index (χ4n) is 3.86. The van der Waals surface area contributed by atoms with Crippen molar-refractivity contribution in [2.24, 2.45) is 5.92 Å². The first-order valence-corrected chi connectivity index (χ1v) is 9.37. The molecule has 0 bridgehead atoms. The molecule has 2 aromatic carbocycles. The summed E-state index contributed by atoms with van der Waals surface area (Å²) in [6.45, 7) is 3.43. The summed E-state index contributed by atoms with van der Waals surface area (Å²) in [4.78, 5) is 22.8. The van der Waals surface area contributed by atoms with Crippen molar-refractivity contribution in [3.63, 3.8) is 0 Å². The number of aryl methyl sites for hydroxylation is 1. The fourth-order valence-corrected chi connectivity index (χ4v) is 3.86. The highest BCUT2D eigenvalue weighted by Gasteiger charge is 2.25. The van der Waals surface area contributed by atoms with E-state index < -0.39 is 0 Å². The number of carbonyl (C=O) groups excluding carboxylic acids is 1. The Morgan fingerprint density at radius 3 is 2.74 bits per heavy atom. The molecule has 0 spiro atoms. The third-order valence-electron chi connectivity index (χ3n) is 5.41. The zero-order valence-corrected chi connectivity index (χ0v) is 15.4. The van der Waals surface area contributed by atoms with Gasteiger partial charge in [-0.1, -0.05) is 12.1 Å². The molecule has 27 heavy (non-hydrogen) atoms. The number of H-pyrrole nitrogens is 1. The summed E-state index contributed by atoms with van der Waals surface area (Å²) >= 11 is 0. The topological polar surface area (TPSA) is 72.8 Å². The van der Waals surface area contributed by atoms with Crippen molar-refractivity contribution < 1.29 is 4.79 Å². The molecule has 5 heteroatoms. The second kappa shape index (κ2) is 7.24. The molecule has 0 aliphatic carbocycles. The second-order valence-corrected chi connectivity index (χ2v) is 7.28. The molecule has 0 unspecified atom stereocenters. The van der Waals surface area contributed by atoms with Crippen LogP contribution in [0.2, 0.25) is 0 Å². The number of carbonyl (C=O) groups is 1. The standard InChI is InChI=1S/C22H22N4O/c1-15-12-17(14-23)6-7-18(15)22(27)26-10-8-16(9-11-26)13-21-24-19-4-2-3-5-20(19)25-21/h2-7,12,16H,8-11,13H2,1H3,(H,24,25). The summed E-state index contributed by atoms with van der Waals surface area (Å²) in [6.07, 6.45) is 2.89. The van der Waals surface area contributed by atoms with Crippen LogP contribution < -0.4 is 0 Å². The van der Waals surface area contributed by atoms with Gasteiger partial charge in [-0.15, -0.1) is 0 Å². The quantitative estimate of drug-likeness (QED) is 0.773. The molecule has 2 heterocycles. The average Bonchev–Trinajstić information content (AvgIpc) is 3.10. The van der Waals surface area contributed by atoms with Crippen molar-refractivity contribution in [1.29, 1.82) is 5.26 Å². The number of nitrogens with one attached hydrogen (secondary N) is 1. The maximum Gasteiger partial charge on any atom is 0.254 e. The SMILES string of the molecule is Cc1cc(C#N)ccc1C(=O)N1CCC(Cc2nc3ccccc3[nH]2)CC1. The summed E-state index contributed by atoms with van der Waals surface area (Å²) in [6, 6.07) is 15.5. The molecule has 1 aliphatic rings. The molecule has 1 amide bonds. The number of fused-ring (bicyclic) bond motifs is 1. The van der Waals surface area contributed by atoms with E-state index in [0.717, 1.165) is 54.8 Å². The van der Waals surface area contributed by atoms with Gasteiger partial charge in [0.25, 0.3) is 5.91 Å². The number of hydrogen-bond acceptors (Lipinski definition) is 3. The lowest BCUT2D eigenvalue weighted by molar-refractivity contribution is 0.0689. The predicted molar refractivity (Wildman–Crippen MR) is 104 cm³/mol. The lowest BCUT2D eigenvalue weighted by atomic mass is 9.92. The van der Waals surface area contributed by atoms with Crippen molar-refractivity contribution in [3.8, 4) is 6.07 Å². The van der Waals surface area contributed by atoms with Gasteiger partial charge in [0.05, 0.1) is 22.7 Å². The second-order valence-electron chi connectivity index (χ2n) is 7.28. The van der Waals surface area contributed by atoms with E-state index in [2.05, 4.69) is 16.0 Å². The van der Waals surface area contributed by atoms with E-state index in [4.69, 9.17) is 5.26 Å². The third kappa shape index (κ3) is 3.56. The number of aromatic amines is 1.